The maximum absolute atomic E-state index is 13.3. The molecule has 0 spiro atoms. The molecule has 1 aromatic rings. The molecule has 1 N–H and O–H groups in total. The van der Waals surface area contributed by atoms with Gasteiger partial charge in [-0.25, -0.2) is 9.18 Å². The molecule has 0 aliphatic heterocycles. The summed E-state index contributed by atoms with van der Waals surface area (Å²) in [5.74, 6) is -0.608. The lowest BCUT2D eigenvalue weighted by Crippen LogP contribution is -2.19. The first kappa shape index (κ1) is 14.7. The van der Waals surface area contributed by atoms with Crippen molar-refractivity contribution in [2.24, 2.45) is 11.8 Å². The standard InChI is InChI=1S/C16H19FO3/c1-11-4-2-3-5-13(11)10-20-9-12-6-14(16(18)19)8-15(17)7-12/h2-3,6-8,11,13H,4-5,9-10H2,1H3,(H,18,19). The van der Waals surface area contributed by atoms with Crippen LogP contribution < -0.4 is 0 Å². The van der Waals surface area contributed by atoms with E-state index in [1.807, 2.05) is 0 Å². The van der Waals surface area contributed by atoms with E-state index >= 15 is 0 Å². The minimum absolute atomic E-state index is 0.0439. The van der Waals surface area contributed by atoms with Crippen LogP contribution in [-0.4, -0.2) is 17.7 Å². The Morgan fingerprint density at radius 1 is 1.35 bits per heavy atom. The monoisotopic (exact) mass is 278 g/mol. The average Bonchev–Trinajstić information content (AvgIpc) is 2.40. The maximum atomic E-state index is 13.3. The molecule has 108 valence electrons. The maximum Gasteiger partial charge on any atom is 0.335 e. The largest absolute Gasteiger partial charge is 0.478 e. The van der Waals surface area contributed by atoms with Gasteiger partial charge in [-0.3, -0.25) is 0 Å². The zero-order chi connectivity index (χ0) is 14.5. The van der Waals surface area contributed by atoms with E-state index in [1.165, 1.54) is 12.1 Å². The molecule has 4 heteroatoms. The summed E-state index contributed by atoms with van der Waals surface area (Å²) in [5, 5.41) is 8.88. The Morgan fingerprint density at radius 3 is 2.80 bits per heavy atom. The molecule has 2 atom stereocenters. The van der Waals surface area contributed by atoms with E-state index in [0.717, 1.165) is 18.9 Å². The van der Waals surface area contributed by atoms with Crippen LogP contribution in [0.4, 0.5) is 4.39 Å². The van der Waals surface area contributed by atoms with E-state index < -0.39 is 11.8 Å². The molecule has 0 radical (unpaired) electrons. The van der Waals surface area contributed by atoms with Crippen LogP contribution in [0.2, 0.25) is 0 Å². The number of hydrogen-bond acceptors (Lipinski definition) is 2. The van der Waals surface area contributed by atoms with Gasteiger partial charge in [0.2, 0.25) is 0 Å². The molecule has 0 saturated heterocycles. The van der Waals surface area contributed by atoms with Crippen molar-refractivity contribution < 1.29 is 19.0 Å². The lowest BCUT2D eigenvalue weighted by molar-refractivity contribution is 0.0670. The van der Waals surface area contributed by atoms with Crippen LogP contribution in [0.15, 0.2) is 30.4 Å². The van der Waals surface area contributed by atoms with Gasteiger partial charge in [0.15, 0.2) is 0 Å². The van der Waals surface area contributed by atoms with E-state index in [2.05, 4.69) is 19.1 Å². The predicted octanol–water partition coefficient (Wildman–Crippen LogP) is 3.64. The van der Waals surface area contributed by atoms with Crippen LogP contribution in [-0.2, 0) is 11.3 Å². The summed E-state index contributed by atoms with van der Waals surface area (Å²) in [4.78, 5) is 10.9. The molecular formula is C16H19FO3. The number of aromatic carboxylic acids is 1. The summed E-state index contributed by atoms with van der Waals surface area (Å²) in [7, 11) is 0. The van der Waals surface area contributed by atoms with Gasteiger partial charge in [0.05, 0.1) is 18.8 Å². The number of carboxylic acids is 1. The molecule has 20 heavy (non-hydrogen) atoms. The molecule has 0 saturated carbocycles. The van der Waals surface area contributed by atoms with Crippen molar-refractivity contribution in [2.45, 2.75) is 26.4 Å². The summed E-state index contributed by atoms with van der Waals surface area (Å²) in [5.41, 5.74) is 0.513. The Bertz CT molecular complexity index is 510. The molecule has 2 rings (SSSR count). The minimum atomic E-state index is -1.13. The van der Waals surface area contributed by atoms with E-state index in [4.69, 9.17) is 9.84 Å². The molecule has 1 aliphatic rings. The van der Waals surface area contributed by atoms with Crippen molar-refractivity contribution in [1.82, 2.24) is 0 Å². The molecule has 2 unspecified atom stereocenters. The molecule has 0 heterocycles. The quantitative estimate of drug-likeness (QED) is 0.836. The van der Waals surface area contributed by atoms with Crippen molar-refractivity contribution in [3.8, 4) is 0 Å². The van der Waals surface area contributed by atoms with Gasteiger partial charge in [0.25, 0.3) is 0 Å². The highest BCUT2D eigenvalue weighted by Gasteiger charge is 2.18. The van der Waals surface area contributed by atoms with Crippen molar-refractivity contribution in [3.63, 3.8) is 0 Å². The molecule has 0 bridgehead atoms. The fraction of sp³-hybridized carbons (Fsp3) is 0.438. The highest BCUT2D eigenvalue weighted by atomic mass is 19.1. The van der Waals surface area contributed by atoms with Gasteiger partial charge in [-0.2, -0.15) is 0 Å². The van der Waals surface area contributed by atoms with Gasteiger partial charge >= 0.3 is 5.97 Å². The van der Waals surface area contributed by atoms with Crippen LogP contribution in [0.25, 0.3) is 0 Å². The van der Waals surface area contributed by atoms with E-state index in [0.29, 0.717) is 24.0 Å². The Balaban J connectivity index is 1.90. The molecule has 0 aromatic heterocycles. The van der Waals surface area contributed by atoms with Crippen molar-refractivity contribution in [2.75, 3.05) is 6.61 Å². The first-order chi connectivity index (χ1) is 9.56. The van der Waals surface area contributed by atoms with Gasteiger partial charge < -0.3 is 9.84 Å². The highest BCUT2D eigenvalue weighted by Crippen LogP contribution is 2.25. The second kappa shape index (κ2) is 6.66. The fourth-order valence-corrected chi connectivity index (χ4v) is 2.42. The van der Waals surface area contributed by atoms with Crippen molar-refractivity contribution >= 4 is 5.97 Å². The summed E-state index contributed by atoms with van der Waals surface area (Å²) >= 11 is 0. The van der Waals surface area contributed by atoms with Gasteiger partial charge in [0.1, 0.15) is 5.82 Å². The number of carboxylic acid groups (broad SMARTS) is 1. The Kier molecular flexibility index (Phi) is 4.90. The summed E-state index contributed by atoms with van der Waals surface area (Å²) in [6.45, 7) is 3.05. The van der Waals surface area contributed by atoms with Gasteiger partial charge in [-0.15, -0.1) is 0 Å². The third kappa shape index (κ3) is 3.90. The zero-order valence-electron chi connectivity index (χ0n) is 11.5. The van der Waals surface area contributed by atoms with E-state index in [-0.39, 0.29) is 12.2 Å². The number of rotatable bonds is 5. The van der Waals surface area contributed by atoms with Gasteiger partial charge in [0, 0.05) is 0 Å². The van der Waals surface area contributed by atoms with Gasteiger partial charge in [-0.05, 0) is 48.4 Å². The SMILES string of the molecule is CC1CC=CCC1COCc1cc(F)cc(C(=O)O)c1. The summed E-state index contributed by atoms with van der Waals surface area (Å²) < 4.78 is 18.9. The van der Waals surface area contributed by atoms with E-state index in [1.54, 1.807) is 0 Å². The Morgan fingerprint density at radius 2 is 2.10 bits per heavy atom. The normalized spacial score (nSPS) is 21.9. The second-order valence-corrected chi connectivity index (χ2v) is 5.35. The second-order valence-electron chi connectivity index (χ2n) is 5.35. The number of ether oxygens (including phenoxy) is 1. The molecule has 0 fully saturated rings. The topological polar surface area (TPSA) is 46.5 Å². The zero-order valence-corrected chi connectivity index (χ0v) is 11.5. The number of allylic oxidation sites excluding steroid dienone is 2. The van der Waals surface area contributed by atoms with Crippen LogP contribution >= 0.6 is 0 Å². The first-order valence-corrected chi connectivity index (χ1v) is 6.81. The lowest BCUT2D eigenvalue weighted by atomic mass is 9.85. The molecule has 3 nitrogen and oxygen atoms in total. The smallest absolute Gasteiger partial charge is 0.335 e. The minimum Gasteiger partial charge on any atom is -0.478 e. The molecule has 0 amide bonds. The van der Waals surface area contributed by atoms with E-state index in [9.17, 15) is 9.18 Å². The molecule has 1 aliphatic carbocycles. The average molecular weight is 278 g/mol. The first-order valence-electron chi connectivity index (χ1n) is 6.81. The third-order valence-electron chi connectivity index (χ3n) is 3.72. The number of carbonyl (C=O) groups is 1. The van der Waals surface area contributed by atoms with Crippen molar-refractivity contribution in [1.29, 1.82) is 0 Å². The molecule has 1 aromatic carbocycles. The predicted molar refractivity (Wildman–Crippen MR) is 74.0 cm³/mol. The highest BCUT2D eigenvalue weighted by molar-refractivity contribution is 5.87. The Hall–Kier alpha value is -1.68. The van der Waals surface area contributed by atoms with Crippen LogP contribution in [0.1, 0.15) is 35.7 Å². The van der Waals surface area contributed by atoms with Crippen LogP contribution in [0, 0.1) is 17.7 Å². The van der Waals surface area contributed by atoms with Crippen LogP contribution in [0.3, 0.4) is 0 Å². The Labute approximate surface area is 118 Å². The number of halogens is 1. The number of benzene rings is 1. The fourth-order valence-electron chi connectivity index (χ4n) is 2.42. The number of hydrogen-bond donors (Lipinski definition) is 1. The summed E-state index contributed by atoms with van der Waals surface area (Å²) in [6, 6.07) is 3.78. The summed E-state index contributed by atoms with van der Waals surface area (Å²) in [6.07, 6.45) is 6.42. The lowest BCUT2D eigenvalue weighted by Gasteiger charge is -2.24. The van der Waals surface area contributed by atoms with Crippen molar-refractivity contribution in [3.05, 3.63) is 47.3 Å². The van der Waals surface area contributed by atoms with Gasteiger partial charge in [-0.1, -0.05) is 19.1 Å². The molecular weight excluding hydrogens is 259 g/mol. The third-order valence-corrected chi connectivity index (χ3v) is 3.72. The van der Waals surface area contributed by atoms with Crippen LogP contribution in [0.5, 0.6) is 0 Å².